The molecule has 0 aliphatic carbocycles. The van der Waals surface area contributed by atoms with E-state index < -0.39 is 20.0 Å². The lowest BCUT2D eigenvalue weighted by molar-refractivity contribution is -0.870. The lowest BCUT2D eigenvalue weighted by Gasteiger charge is -2.27. The Hall–Kier alpha value is -3.85. The van der Waals surface area contributed by atoms with Gasteiger partial charge in [0.1, 0.15) is 19.3 Å². The zero-order valence-electron chi connectivity index (χ0n) is 50.6. The second-order valence-corrected chi connectivity index (χ2v) is 22.9. The normalized spacial score (nSPS) is 14.6. The summed E-state index contributed by atoms with van der Waals surface area (Å²) in [4.78, 5) is 37.7. The van der Waals surface area contributed by atoms with Crippen LogP contribution in [0, 0.1) is 0 Å². The quantitative estimate of drug-likeness (QED) is 0.0205. The minimum atomic E-state index is -4.47. The first-order valence-corrected chi connectivity index (χ1v) is 32.5. The molecule has 0 aromatic heterocycles. The van der Waals surface area contributed by atoms with Crippen LogP contribution >= 0.6 is 7.82 Å². The summed E-state index contributed by atoms with van der Waals surface area (Å²) in [7, 11) is 1.44. The minimum Gasteiger partial charge on any atom is -0.456 e. The third-order valence-electron chi connectivity index (χ3n) is 12.8. The number of nitrogens with one attached hydrogen (secondary N) is 1. The van der Waals surface area contributed by atoms with E-state index in [0.717, 1.165) is 122 Å². The van der Waals surface area contributed by atoms with E-state index >= 15 is 0 Å². The van der Waals surface area contributed by atoms with E-state index in [9.17, 15) is 19.0 Å². The molecule has 10 heteroatoms. The SMILES string of the molecule is CC/C=C\C/C=C\C/C=C\C/C=C\C/C=C\CCCCCCCCCC(=O)NC(COP(=O)(O)OCC[N+](C)(C)C)C(/C=C\CCCCCCCCCCCC)OC(=O)CCC/C=C\C/C=C\C/C=C\C/C=C\C/C=C\CC. The van der Waals surface area contributed by atoms with Gasteiger partial charge in [0, 0.05) is 12.8 Å². The standard InChI is InChI=1S/C68H115N2O7P/c1-7-10-13-16-19-22-25-28-30-32-33-34-35-36-37-39-40-42-45-48-51-54-57-60-67(71)69-65(64-76-78(73,74)75-63-62-70(4,5)6)66(59-56-53-50-47-44-27-24-21-18-15-12-9-3)77-68(72)61-58-55-52-49-46-43-41-38-31-29-26-23-20-17-14-11-8-2/h10-11,13-14,19-20,22-23,28-31,33-34,36-37,41,43,49,52,56,59,65-66H,7-9,12,15-18,21,24-27,32,35,38-40,42,44-48,50-51,53-55,57-58,60-64H2,1-6H3,(H-,69,71,73,74)/p+1/b13-10-,14-11-,22-19-,23-20-,30-28-,31-29-,34-33-,37-36-,43-41-,52-49-,59-56-. The van der Waals surface area contributed by atoms with Gasteiger partial charge in [-0.15, -0.1) is 0 Å². The molecule has 2 N–H and O–H groups in total. The highest BCUT2D eigenvalue weighted by Gasteiger charge is 2.30. The maximum Gasteiger partial charge on any atom is 0.472 e. The second-order valence-electron chi connectivity index (χ2n) is 21.5. The number of carbonyl (C=O) groups is 2. The van der Waals surface area contributed by atoms with Crippen LogP contribution in [0.3, 0.4) is 0 Å². The predicted molar refractivity (Wildman–Crippen MR) is 336 cm³/mol. The number of quaternary nitrogens is 1. The van der Waals surface area contributed by atoms with Gasteiger partial charge in [0.15, 0.2) is 0 Å². The largest absolute Gasteiger partial charge is 0.472 e. The second kappa shape index (κ2) is 56.4. The maximum absolute atomic E-state index is 13.6. The molecule has 3 unspecified atom stereocenters. The van der Waals surface area contributed by atoms with Gasteiger partial charge >= 0.3 is 13.8 Å². The topological polar surface area (TPSA) is 111 Å². The van der Waals surface area contributed by atoms with Crippen molar-refractivity contribution in [2.75, 3.05) is 40.9 Å². The first-order valence-electron chi connectivity index (χ1n) is 31.0. The molecule has 0 aromatic rings. The Morgan fingerprint density at radius 3 is 1.26 bits per heavy atom. The van der Waals surface area contributed by atoms with Crippen molar-refractivity contribution in [3.05, 3.63) is 134 Å². The number of amides is 1. The number of ether oxygens (including phenoxy) is 1. The van der Waals surface area contributed by atoms with Gasteiger partial charge in [-0.2, -0.15) is 0 Å². The maximum atomic E-state index is 13.6. The number of carbonyl (C=O) groups excluding carboxylic acids is 2. The van der Waals surface area contributed by atoms with Crippen LogP contribution in [-0.2, 0) is 27.9 Å². The molecular weight excluding hydrogens is 988 g/mol. The Kier molecular flexibility index (Phi) is 53.6. The van der Waals surface area contributed by atoms with Crippen LogP contribution in [0.2, 0.25) is 0 Å². The molecule has 9 nitrogen and oxygen atoms in total. The van der Waals surface area contributed by atoms with Gasteiger partial charge in [-0.1, -0.05) is 238 Å². The molecule has 0 aliphatic heterocycles. The average Bonchev–Trinajstić information content (AvgIpc) is 3.40. The Bertz CT molecular complexity index is 1800. The summed E-state index contributed by atoms with van der Waals surface area (Å²) >= 11 is 0. The molecule has 0 spiro atoms. The van der Waals surface area contributed by atoms with Crippen molar-refractivity contribution in [2.45, 2.75) is 245 Å². The molecule has 0 saturated heterocycles. The summed E-state index contributed by atoms with van der Waals surface area (Å²) in [6.45, 7) is 6.72. The monoisotopic (exact) mass is 1100 g/mol. The van der Waals surface area contributed by atoms with E-state index in [1.54, 1.807) is 0 Å². The molecule has 0 radical (unpaired) electrons. The Morgan fingerprint density at radius 1 is 0.462 bits per heavy atom. The van der Waals surface area contributed by atoms with Crippen LogP contribution in [0.15, 0.2) is 134 Å². The van der Waals surface area contributed by atoms with E-state index in [-0.39, 0.29) is 31.5 Å². The molecule has 0 aromatic carbocycles. The van der Waals surface area contributed by atoms with Crippen LogP contribution in [0.25, 0.3) is 0 Å². The lowest BCUT2D eigenvalue weighted by Crippen LogP contribution is -2.47. The number of rotatable bonds is 54. The number of hydrogen-bond acceptors (Lipinski definition) is 6. The van der Waals surface area contributed by atoms with Gasteiger partial charge in [-0.3, -0.25) is 18.6 Å². The molecule has 0 saturated carbocycles. The number of phosphoric ester groups is 1. The van der Waals surface area contributed by atoms with Crippen LogP contribution < -0.4 is 5.32 Å². The van der Waals surface area contributed by atoms with Crippen molar-refractivity contribution in [1.29, 1.82) is 0 Å². The Labute approximate surface area is 479 Å². The summed E-state index contributed by atoms with van der Waals surface area (Å²) < 4.78 is 30.6. The zero-order valence-corrected chi connectivity index (χ0v) is 51.5. The van der Waals surface area contributed by atoms with E-state index in [1.165, 1.54) is 70.6 Å². The molecule has 0 aliphatic rings. The fourth-order valence-electron chi connectivity index (χ4n) is 8.12. The van der Waals surface area contributed by atoms with Gasteiger partial charge in [0.25, 0.3) is 0 Å². The van der Waals surface area contributed by atoms with E-state index in [1.807, 2.05) is 33.3 Å². The molecule has 0 bridgehead atoms. The fraction of sp³-hybridized carbons (Fsp3) is 0.647. The molecule has 78 heavy (non-hydrogen) atoms. The summed E-state index contributed by atoms with van der Waals surface area (Å²) in [6.07, 6.45) is 80.3. The molecule has 0 rings (SSSR count). The first-order chi connectivity index (χ1) is 37.9. The van der Waals surface area contributed by atoms with Crippen LogP contribution in [0.4, 0.5) is 0 Å². The third kappa shape index (κ3) is 56.9. The van der Waals surface area contributed by atoms with Crippen molar-refractivity contribution in [1.82, 2.24) is 5.32 Å². The lowest BCUT2D eigenvalue weighted by atomic mass is 10.0. The first kappa shape index (κ1) is 74.2. The summed E-state index contributed by atoms with van der Waals surface area (Å²) in [5.74, 6) is -0.596. The number of nitrogens with zero attached hydrogens (tertiary/aromatic N) is 1. The molecule has 0 heterocycles. The fourth-order valence-corrected chi connectivity index (χ4v) is 8.85. The van der Waals surface area contributed by atoms with E-state index in [0.29, 0.717) is 23.9 Å². The van der Waals surface area contributed by atoms with E-state index in [2.05, 4.69) is 148 Å². The number of esters is 1. The number of likely N-dealkylation sites (N-methyl/N-ethyl adjacent to an activating group) is 1. The van der Waals surface area contributed by atoms with Crippen molar-refractivity contribution in [3.8, 4) is 0 Å². The van der Waals surface area contributed by atoms with Crippen LogP contribution in [0.1, 0.15) is 233 Å². The predicted octanol–water partition coefficient (Wildman–Crippen LogP) is 19.3. The van der Waals surface area contributed by atoms with Crippen LogP contribution in [-0.4, -0.2) is 74.3 Å². The smallest absolute Gasteiger partial charge is 0.456 e. The van der Waals surface area contributed by atoms with Crippen molar-refractivity contribution in [3.63, 3.8) is 0 Å². The third-order valence-corrected chi connectivity index (χ3v) is 13.8. The Morgan fingerprint density at radius 2 is 0.833 bits per heavy atom. The highest BCUT2D eigenvalue weighted by Crippen LogP contribution is 2.43. The summed E-state index contributed by atoms with van der Waals surface area (Å²) in [6, 6.07) is -0.887. The molecule has 3 atom stereocenters. The average molecular weight is 1100 g/mol. The van der Waals surface area contributed by atoms with Gasteiger partial charge in [-0.25, -0.2) is 4.57 Å². The number of allylic oxidation sites excluding steroid dienone is 21. The minimum absolute atomic E-state index is 0.0215. The highest BCUT2D eigenvalue weighted by atomic mass is 31.2. The molecule has 444 valence electrons. The van der Waals surface area contributed by atoms with Crippen molar-refractivity contribution in [2.24, 2.45) is 0 Å². The van der Waals surface area contributed by atoms with E-state index in [4.69, 9.17) is 13.8 Å². The number of unbranched alkanes of at least 4 members (excludes halogenated alkanes) is 18. The Balaban J connectivity index is 5.34. The van der Waals surface area contributed by atoms with Gasteiger partial charge < -0.3 is 19.4 Å². The van der Waals surface area contributed by atoms with Gasteiger partial charge in [-0.05, 0) is 115 Å². The molecule has 0 fully saturated rings. The highest BCUT2D eigenvalue weighted by molar-refractivity contribution is 7.47. The number of hydrogen-bond donors (Lipinski definition) is 2. The number of phosphoric acid groups is 1. The molecule has 1 amide bonds. The summed E-state index contributed by atoms with van der Waals surface area (Å²) in [5, 5.41) is 3.03. The van der Waals surface area contributed by atoms with Gasteiger partial charge in [0.2, 0.25) is 5.91 Å². The van der Waals surface area contributed by atoms with Crippen molar-refractivity contribution >= 4 is 19.7 Å². The van der Waals surface area contributed by atoms with Crippen molar-refractivity contribution < 1.29 is 37.3 Å². The zero-order chi connectivity index (χ0) is 57.2. The van der Waals surface area contributed by atoms with Crippen LogP contribution in [0.5, 0.6) is 0 Å². The molecular formula is C68H116N2O7P+. The summed E-state index contributed by atoms with van der Waals surface area (Å²) in [5.41, 5.74) is 0. The van der Waals surface area contributed by atoms with Gasteiger partial charge in [0.05, 0.1) is 33.8 Å².